The van der Waals surface area contributed by atoms with Crippen LogP contribution >= 0.6 is 15.9 Å². The summed E-state index contributed by atoms with van der Waals surface area (Å²) < 4.78 is 6.52. The van der Waals surface area contributed by atoms with Crippen molar-refractivity contribution in [1.82, 2.24) is 4.98 Å². The lowest BCUT2D eigenvalue weighted by molar-refractivity contribution is 0.0461. The van der Waals surface area contributed by atoms with Gasteiger partial charge >= 0.3 is 5.97 Å². The Morgan fingerprint density at radius 1 is 1.12 bits per heavy atom. The highest BCUT2D eigenvalue weighted by Crippen LogP contribution is 2.29. The number of carbonyl (C=O) groups excluding carboxylic acids is 1. The lowest BCUT2D eigenvalue weighted by Crippen LogP contribution is -2.11. The SMILES string of the molecule is Cc1cc(C)c2nc(-c3ccc(Br)cc3)cc(C(=O)OCC(C)C)c2c1. The van der Waals surface area contributed by atoms with Gasteiger partial charge in [-0.15, -0.1) is 0 Å². The molecule has 26 heavy (non-hydrogen) atoms. The van der Waals surface area contributed by atoms with E-state index in [4.69, 9.17) is 9.72 Å². The third-order valence-corrected chi connectivity index (χ3v) is 4.68. The molecule has 0 atom stereocenters. The molecule has 0 saturated carbocycles. The third-order valence-electron chi connectivity index (χ3n) is 4.16. The van der Waals surface area contributed by atoms with E-state index in [-0.39, 0.29) is 5.97 Å². The molecular weight excluding hydrogens is 390 g/mol. The van der Waals surface area contributed by atoms with Gasteiger partial charge in [0.05, 0.1) is 23.4 Å². The van der Waals surface area contributed by atoms with Crippen LogP contribution in [0.5, 0.6) is 0 Å². The number of hydrogen-bond acceptors (Lipinski definition) is 3. The van der Waals surface area contributed by atoms with Crippen molar-refractivity contribution in [3.05, 3.63) is 63.6 Å². The second-order valence-corrected chi connectivity index (χ2v) is 7.95. The fraction of sp³-hybridized carbons (Fsp3) is 0.273. The Labute approximate surface area is 162 Å². The molecule has 3 aromatic rings. The standard InChI is InChI=1S/C22H22BrNO2/c1-13(2)12-26-22(25)19-11-20(16-5-7-17(23)8-6-16)24-21-15(4)9-14(3)10-18(19)21/h5-11,13H,12H2,1-4H3. The fourth-order valence-electron chi connectivity index (χ4n) is 2.94. The summed E-state index contributed by atoms with van der Waals surface area (Å²) in [5.41, 5.74) is 5.30. The number of carbonyl (C=O) groups is 1. The number of ether oxygens (including phenoxy) is 1. The molecular formula is C22H22BrNO2. The normalized spacial score (nSPS) is 11.2. The third kappa shape index (κ3) is 3.96. The highest BCUT2D eigenvalue weighted by Gasteiger charge is 2.17. The Kier molecular flexibility index (Phi) is 5.42. The van der Waals surface area contributed by atoms with Gasteiger partial charge in [-0.2, -0.15) is 0 Å². The van der Waals surface area contributed by atoms with Crippen LogP contribution in [-0.2, 0) is 4.74 Å². The van der Waals surface area contributed by atoms with Crippen molar-refractivity contribution in [2.75, 3.05) is 6.61 Å². The molecule has 3 rings (SSSR count). The van der Waals surface area contributed by atoms with E-state index >= 15 is 0 Å². The molecule has 0 aliphatic heterocycles. The van der Waals surface area contributed by atoms with Crippen LogP contribution in [0, 0.1) is 19.8 Å². The quantitative estimate of drug-likeness (QED) is 0.487. The Morgan fingerprint density at radius 2 is 1.81 bits per heavy atom. The molecule has 0 N–H and O–H groups in total. The number of halogens is 1. The van der Waals surface area contributed by atoms with E-state index < -0.39 is 0 Å². The van der Waals surface area contributed by atoms with Gasteiger partial charge in [0.15, 0.2) is 0 Å². The van der Waals surface area contributed by atoms with E-state index in [1.807, 2.05) is 64.1 Å². The summed E-state index contributed by atoms with van der Waals surface area (Å²) in [5, 5.41) is 0.845. The summed E-state index contributed by atoms with van der Waals surface area (Å²) in [7, 11) is 0. The van der Waals surface area contributed by atoms with Crippen LogP contribution in [0.4, 0.5) is 0 Å². The predicted molar refractivity (Wildman–Crippen MR) is 109 cm³/mol. The van der Waals surface area contributed by atoms with Crippen LogP contribution in [0.1, 0.15) is 35.3 Å². The molecule has 134 valence electrons. The molecule has 0 aliphatic rings. The number of rotatable bonds is 4. The van der Waals surface area contributed by atoms with Crippen LogP contribution in [0.2, 0.25) is 0 Å². The largest absolute Gasteiger partial charge is 0.462 e. The lowest BCUT2D eigenvalue weighted by Gasteiger charge is -2.13. The maximum absolute atomic E-state index is 12.8. The number of aryl methyl sites for hydroxylation is 2. The maximum Gasteiger partial charge on any atom is 0.338 e. The summed E-state index contributed by atoms with van der Waals surface area (Å²) in [4.78, 5) is 17.6. The van der Waals surface area contributed by atoms with Crippen LogP contribution in [0.3, 0.4) is 0 Å². The number of esters is 1. The minimum absolute atomic E-state index is 0.293. The van der Waals surface area contributed by atoms with E-state index in [2.05, 4.69) is 22.0 Å². The van der Waals surface area contributed by atoms with E-state index in [9.17, 15) is 4.79 Å². The van der Waals surface area contributed by atoms with E-state index in [1.54, 1.807) is 0 Å². The van der Waals surface area contributed by atoms with Crippen molar-refractivity contribution in [1.29, 1.82) is 0 Å². The molecule has 0 aliphatic carbocycles. The zero-order chi connectivity index (χ0) is 18.8. The monoisotopic (exact) mass is 411 g/mol. The molecule has 4 heteroatoms. The van der Waals surface area contributed by atoms with Crippen molar-refractivity contribution >= 4 is 32.8 Å². The summed E-state index contributed by atoms with van der Waals surface area (Å²) in [6.45, 7) is 8.51. The Hall–Kier alpha value is -2.20. The minimum Gasteiger partial charge on any atom is -0.462 e. The van der Waals surface area contributed by atoms with Crippen LogP contribution < -0.4 is 0 Å². The molecule has 0 spiro atoms. The smallest absolute Gasteiger partial charge is 0.338 e. The second-order valence-electron chi connectivity index (χ2n) is 7.03. The summed E-state index contributed by atoms with van der Waals surface area (Å²) in [5.74, 6) is -0.00377. The molecule has 0 radical (unpaired) electrons. The van der Waals surface area contributed by atoms with Crippen LogP contribution in [-0.4, -0.2) is 17.6 Å². The predicted octanol–water partition coefficient (Wildman–Crippen LogP) is 6.09. The molecule has 0 unspecified atom stereocenters. The molecule has 0 bridgehead atoms. The van der Waals surface area contributed by atoms with Crippen molar-refractivity contribution in [3.8, 4) is 11.3 Å². The molecule has 0 fully saturated rings. The Balaban J connectivity index is 2.19. The molecule has 1 aromatic heterocycles. The van der Waals surface area contributed by atoms with Gasteiger partial charge in [-0.05, 0) is 49.6 Å². The molecule has 1 heterocycles. The average Bonchev–Trinajstić information content (AvgIpc) is 2.59. The zero-order valence-corrected chi connectivity index (χ0v) is 17.1. The van der Waals surface area contributed by atoms with Crippen LogP contribution in [0.25, 0.3) is 22.2 Å². The van der Waals surface area contributed by atoms with E-state index in [0.717, 1.165) is 37.8 Å². The fourth-order valence-corrected chi connectivity index (χ4v) is 3.20. The van der Waals surface area contributed by atoms with Crippen molar-refractivity contribution in [3.63, 3.8) is 0 Å². The number of benzene rings is 2. The van der Waals surface area contributed by atoms with Crippen molar-refractivity contribution in [2.45, 2.75) is 27.7 Å². The number of fused-ring (bicyclic) bond motifs is 1. The number of nitrogens with zero attached hydrogens (tertiary/aromatic N) is 1. The van der Waals surface area contributed by atoms with Gasteiger partial charge in [-0.1, -0.05) is 53.5 Å². The van der Waals surface area contributed by atoms with Gasteiger partial charge in [-0.3, -0.25) is 0 Å². The van der Waals surface area contributed by atoms with Gasteiger partial charge < -0.3 is 4.74 Å². The van der Waals surface area contributed by atoms with E-state index in [1.165, 1.54) is 0 Å². The molecule has 0 amide bonds. The van der Waals surface area contributed by atoms with Gasteiger partial charge in [0.2, 0.25) is 0 Å². The van der Waals surface area contributed by atoms with Crippen molar-refractivity contribution < 1.29 is 9.53 Å². The molecule has 3 nitrogen and oxygen atoms in total. The van der Waals surface area contributed by atoms with Gasteiger partial charge in [0, 0.05) is 15.4 Å². The second kappa shape index (κ2) is 7.58. The first kappa shape index (κ1) is 18.6. The minimum atomic E-state index is -0.297. The highest BCUT2D eigenvalue weighted by atomic mass is 79.9. The maximum atomic E-state index is 12.8. The summed E-state index contributed by atoms with van der Waals surface area (Å²) in [6, 6.07) is 13.9. The topological polar surface area (TPSA) is 39.2 Å². The first-order chi connectivity index (χ1) is 12.3. The first-order valence-corrected chi connectivity index (χ1v) is 9.49. The summed E-state index contributed by atoms with van der Waals surface area (Å²) >= 11 is 3.45. The number of aromatic nitrogens is 1. The Morgan fingerprint density at radius 3 is 2.46 bits per heavy atom. The first-order valence-electron chi connectivity index (χ1n) is 8.70. The average molecular weight is 412 g/mol. The highest BCUT2D eigenvalue weighted by molar-refractivity contribution is 9.10. The summed E-state index contributed by atoms with van der Waals surface area (Å²) in [6.07, 6.45) is 0. The van der Waals surface area contributed by atoms with Gasteiger partial charge in [-0.25, -0.2) is 9.78 Å². The Bertz CT molecular complexity index is 962. The number of hydrogen-bond donors (Lipinski definition) is 0. The molecule has 0 saturated heterocycles. The van der Waals surface area contributed by atoms with Crippen molar-refractivity contribution in [2.24, 2.45) is 5.92 Å². The van der Waals surface area contributed by atoms with Gasteiger partial charge in [0.1, 0.15) is 0 Å². The van der Waals surface area contributed by atoms with E-state index in [0.29, 0.717) is 18.1 Å². The zero-order valence-electron chi connectivity index (χ0n) is 15.5. The van der Waals surface area contributed by atoms with Crippen LogP contribution in [0.15, 0.2) is 46.9 Å². The molecule has 2 aromatic carbocycles. The lowest BCUT2D eigenvalue weighted by atomic mass is 10.00. The van der Waals surface area contributed by atoms with Gasteiger partial charge in [0.25, 0.3) is 0 Å². The number of pyridine rings is 1.